The molecule has 11 heteroatoms. The van der Waals surface area contributed by atoms with Gasteiger partial charge in [-0.3, -0.25) is 4.79 Å². The average Bonchev–Trinajstić information content (AvgIpc) is 3.48. The highest BCUT2D eigenvalue weighted by molar-refractivity contribution is 5.88. The van der Waals surface area contributed by atoms with Gasteiger partial charge in [-0.2, -0.15) is 0 Å². The number of ether oxygens (including phenoxy) is 2. The van der Waals surface area contributed by atoms with Gasteiger partial charge in [-0.1, -0.05) is 6.07 Å². The minimum absolute atomic E-state index is 0.0301. The zero-order valence-electron chi connectivity index (χ0n) is 20.4. The van der Waals surface area contributed by atoms with Gasteiger partial charge in [-0.05, 0) is 57.0 Å². The molecular weight excluding hydrogens is 484 g/mol. The Morgan fingerprint density at radius 3 is 2.81 bits per heavy atom. The number of carbonyl (C=O) groups is 3. The lowest BCUT2D eigenvalue weighted by Crippen LogP contribution is -2.74. The molecule has 1 spiro atoms. The van der Waals surface area contributed by atoms with Crippen molar-refractivity contribution in [2.75, 3.05) is 20.1 Å². The number of hydrogen-bond donors (Lipinski definition) is 4. The van der Waals surface area contributed by atoms with Gasteiger partial charge in [0.25, 0.3) is 0 Å². The molecule has 4 N–H and O–H groups in total. The van der Waals surface area contributed by atoms with Crippen LogP contribution in [0.3, 0.4) is 0 Å². The van der Waals surface area contributed by atoms with Crippen molar-refractivity contribution >= 4 is 17.8 Å². The number of amides is 1. The number of phenolic OH excluding ortho intramolecular Hbond substituents is 1. The second-order valence-corrected chi connectivity index (χ2v) is 10.8. The van der Waals surface area contributed by atoms with Crippen LogP contribution >= 0.6 is 0 Å². The van der Waals surface area contributed by atoms with Crippen LogP contribution in [0.4, 0.5) is 0 Å². The van der Waals surface area contributed by atoms with E-state index in [-0.39, 0.29) is 30.5 Å². The van der Waals surface area contributed by atoms with Crippen LogP contribution in [0.1, 0.15) is 43.2 Å². The number of aliphatic hydroxyl groups is 2. The number of esters is 1. The molecule has 1 aromatic rings. The first kappa shape index (κ1) is 24.2. The van der Waals surface area contributed by atoms with Crippen LogP contribution in [-0.4, -0.2) is 98.1 Å². The Balaban J connectivity index is 1.31. The maximum atomic E-state index is 13.3. The van der Waals surface area contributed by atoms with E-state index in [1.807, 2.05) is 13.1 Å². The largest absolute Gasteiger partial charge is 0.504 e. The predicted octanol–water partition coefficient (Wildman–Crippen LogP) is 0.0397. The molecular formula is C26H30N2O9. The number of likely N-dealkylation sites (tertiary alicyclic amines) is 2. The fraction of sp³-hybridized carbons (Fsp3) is 0.577. The number of carbonyl (C=O) groups excluding carboxylic acids is 2. The standard InChI is InChI=1S/C26H30N2O9/c1-27-10-8-25-20-13-4-5-15(29)21(20)37-22(25)17(6-7-26(25,35)18(27)11-13)36-24(34)14-3-2-9-28(14)19(31)12-16(30)23(32)33/h4-6,14,16,18,22,29-30,35H,2-3,7-12H2,1H3,(H,32,33)/t14-,16-,18+,22?,25?,26+/m0/s1. The Morgan fingerprint density at radius 2 is 2.05 bits per heavy atom. The van der Waals surface area contributed by atoms with Crippen LogP contribution < -0.4 is 4.74 Å². The molecule has 198 valence electrons. The summed E-state index contributed by atoms with van der Waals surface area (Å²) in [5.74, 6) is -2.29. The molecule has 6 atom stereocenters. The van der Waals surface area contributed by atoms with Gasteiger partial charge in [0.1, 0.15) is 11.8 Å². The fourth-order valence-corrected chi connectivity index (χ4v) is 7.30. The number of aromatic hydroxyl groups is 1. The molecule has 3 heterocycles. The van der Waals surface area contributed by atoms with E-state index in [4.69, 9.17) is 14.6 Å². The highest BCUT2D eigenvalue weighted by Gasteiger charge is 2.72. The van der Waals surface area contributed by atoms with Crippen molar-refractivity contribution in [3.63, 3.8) is 0 Å². The molecule has 3 aliphatic heterocycles. The van der Waals surface area contributed by atoms with E-state index in [1.165, 1.54) is 4.90 Å². The topological polar surface area (TPSA) is 157 Å². The first-order chi connectivity index (χ1) is 17.6. The van der Waals surface area contributed by atoms with Crippen molar-refractivity contribution in [2.45, 2.75) is 73.8 Å². The zero-order chi connectivity index (χ0) is 26.3. The summed E-state index contributed by atoms with van der Waals surface area (Å²) in [6.45, 7) is 0.948. The molecule has 11 nitrogen and oxygen atoms in total. The molecule has 1 aromatic carbocycles. The van der Waals surface area contributed by atoms with Crippen molar-refractivity contribution in [1.82, 2.24) is 9.80 Å². The molecule has 1 amide bonds. The molecule has 2 aliphatic carbocycles. The molecule has 2 saturated heterocycles. The number of piperidine rings is 1. The second kappa shape index (κ2) is 8.17. The Morgan fingerprint density at radius 1 is 1.27 bits per heavy atom. The van der Waals surface area contributed by atoms with E-state index in [0.29, 0.717) is 38.0 Å². The highest BCUT2D eigenvalue weighted by atomic mass is 16.6. The van der Waals surface area contributed by atoms with Gasteiger partial charge >= 0.3 is 11.9 Å². The number of rotatable bonds is 5. The van der Waals surface area contributed by atoms with E-state index >= 15 is 0 Å². The average molecular weight is 515 g/mol. The summed E-state index contributed by atoms with van der Waals surface area (Å²) in [6.07, 6.45) is 0.640. The third-order valence-electron chi connectivity index (χ3n) is 9.07. The van der Waals surface area contributed by atoms with Gasteiger partial charge in [0, 0.05) is 24.6 Å². The van der Waals surface area contributed by atoms with Gasteiger partial charge in [0.2, 0.25) is 5.91 Å². The summed E-state index contributed by atoms with van der Waals surface area (Å²) in [6, 6.07) is 2.36. The van der Waals surface area contributed by atoms with Gasteiger partial charge in [-0.25, -0.2) is 9.59 Å². The molecule has 2 fully saturated rings. The van der Waals surface area contributed by atoms with Gasteiger partial charge in [0.15, 0.2) is 23.7 Å². The van der Waals surface area contributed by atoms with E-state index in [0.717, 1.165) is 11.1 Å². The summed E-state index contributed by atoms with van der Waals surface area (Å²) in [5, 5.41) is 41.3. The number of aliphatic carboxylic acids is 1. The van der Waals surface area contributed by atoms with Gasteiger partial charge in [0.05, 0.1) is 17.4 Å². The van der Waals surface area contributed by atoms with Crippen LogP contribution in [0, 0.1) is 0 Å². The summed E-state index contributed by atoms with van der Waals surface area (Å²) in [7, 11) is 1.98. The Labute approximate surface area is 212 Å². The van der Waals surface area contributed by atoms with Crippen LogP contribution in [0.2, 0.25) is 0 Å². The number of nitrogens with zero attached hydrogens (tertiary/aromatic N) is 2. The second-order valence-electron chi connectivity index (χ2n) is 10.8. The SMILES string of the molecule is CN1CCC23c4c5ccc(O)c4OC2C(OC(=O)[C@@H]2CCCN2C(=O)C[C@H](O)C(=O)O)=CC[C@@]3(O)[C@H]1C5. The highest BCUT2D eigenvalue weighted by Crippen LogP contribution is 2.65. The zero-order valence-corrected chi connectivity index (χ0v) is 20.4. The Hall–Kier alpha value is -3.15. The van der Waals surface area contributed by atoms with Gasteiger partial charge < -0.3 is 39.7 Å². The summed E-state index contributed by atoms with van der Waals surface area (Å²) in [4.78, 5) is 40.3. The number of benzene rings is 1. The van der Waals surface area contributed by atoms with Crippen LogP contribution in [0.15, 0.2) is 24.0 Å². The summed E-state index contributed by atoms with van der Waals surface area (Å²) < 4.78 is 12.2. The third kappa shape index (κ3) is 3.20. The molecule has 0 radical (unpaired) electrons. The lowest BCUT2D eigenvalue weighted by atomic mass is 9.50. The molecule has 5 aliphatic rings. The Kier molecular flexibility index (Phi) is 5.35. The van der Waals surface area contributed by atoms with Crippen molar-refractivity contribution in [3.05, 3.63) is 35.1 Å². The number of aliphatic hydroxyl groups excluding tert-OH is 1. The van der Waals surface area contributed by atoms with Gasteiger partial charge in [-0.15, -0.1) is 0 Å². The molecule has 0 saturated carbocycles. The minimum atomic E-state index is -1.85. The number of likely N-dealkylation sites (N-methyl/N-ethyl adjacent to an activating group) is 1. The normalized spacial score (nSPS) is 34.3. The maximum Gasteiger partial charge on any atom is 0.334 e. The number of hydrogen-bond acceptors (Lipinski definition) is 9. The van der Waals surface area contributed by atoms with E-state index in [2.05, 4.69) is 4.90 Å². The summed E-state index contributed by atoms with van der Waals surface area (Å²) >= 11 is 0. The van der Waals surface area contributed by atoms with Crippen molar-refractivity contribution in [2.24, 2.45) is 0 Å². The van der Waals surface area contributed by atoms with Crippen molar-refractivity contribution in [3.8, 4) is 11.5 Å². The van der Waals surface area contributed by atoms with Crippen LogP contribution in [0.25, 0.3) is 0 Å². The fourth-order valence-electron chi connectivity index (χ4n) is 7.30. The van der Waals surface area contributed by atoms with Crippen LogP contribution in [0.5, 0.6) is 11.5 Å². The van der Waals surface area contributed by atoms with Crippen molar-refractivity contribution < 1.29 is 44.3 Å². The summed E-state index contributed by atoms with van der Waals surface area (Å²) in [5.41, 5.74) is -0.304. The number of carboxylic acids is 1. The molecule has 37 heavy (non-hydrogen) atoms. The minimum Gasteiger partial charge on any atom is -0.504 e. The third-order valence-corrected chi connectivity index (χ3v) is 9.07. The molecule has 2 bridgehead atoms. The molecule has 0 aromatic heterocycles. The smallest absolute Gasteiger partial charge is 0.334 e. The van der Waals surface area contributed by atoms with E-state index in [9.17, 15) is 29.7 Å². The van der Waals surface area contributed by atoms with Crippen LogP contribution in [-0.2, 0) is 31.0 Å². The lowest BCUT2D eigenvalue weighted by molar-refractivity contribution is -0.171. The monoisotopic (exact) mass is 514 g/mol. The lowest BCUT2D eigenvalue weighted by Gasteiger charge is -2.61. The Bertz CT molecular complexity index is 1230. The first-order valence-corrected chi connectivity index (χ1v) is 12.6. The predicted molar refractivity (Wildman–Crippen MR) is 126 cm³/mol. The molecule has 2 unspecified atom stereocenters. The van der Waals surface area contributed by atoms with E-state index < -0.39 is 53.5 Å². The molecule has 6 rings (SSSR count). The number of phenols is 1. The quantitative estimate of drug-likeness (QED) is 0.396. The van der Waals surface area contributed by atoms with E-state index in [1.54, 1.807) is 12.1 Å². The number of carboxylic acid groups (broad SMARTS) is 1. The maximum absolute atomic E-state index is 13.3. The first-order valence-electron chi connectivity index (χ1n) is 12.6. The van der Waals surface area contributed by atoms with Crippen molar-refractivity contribution in [1.29, 1.82) is 0 Å².